The van der Waals surface area contributed by atoms with Gasteiger partial charge in [-0.1, -0.05) is 0 Å². The molecule has 1 aliphatic rings. The summed E-state index contributed by atoms with van der Waals surface area (Å²) in [4.78, 5) is 27.4. The van der Waals surface area contributed by atoms with Gasteiger partial charge in [-0.15, -0.1) is 0 Å². The highest BCUT2D eigenvalue weighted by Crippen LogP contribution is 2.09. The van der Waals surface area contributed by atoms with Gasteiger partial charge >= 0.3 is 0 Å². The molecule has 0 bridgehead atoms. The summed E-state index contributed by atoms with van der Waals surface area (Å²) in [6.07, 6.45) is 5.10. The van der Waals surface area contributed by atoms with Crippen LogP contribution in [0.15, 0.2) is 24.5 Å². The van der Waals surface area contributed by atoms with E-state index in [0.29, 0.717) is 18.7 Å². The maximum Gasteiger partial charge on any atom is 0.252 e. The summed E-state index contributed by atoms with van der Waals surface area (Å²) < 4.78 is 0. The number of aromatic nitrogens is 1. The van der Waals surface area contributed by atoms with E-state index in [2.05, 4.69) is 20.9 Å². The molecule has 1 aliphatic heterocycles. The van der Waals surface area contributed by atoms with Crippen LogP contribution in [0.1, 0.15) is 23.2 Å². The molecule has 3 N–H and O–H groups in total. The number of nitrogens with one attached hydrogen (secondary N) is 3. The molecule has 6 nitrogen and oxygen atoms in total. The van der Waals surface area contributed by atoms with Crippen molar-refractivity contribution < 1.29 is 9.59 Å². The largest absolute Gasteiger partial charge is 0.354 e. The zero-order valence-electron chi connectivity index (χ0n) is 11.4. The second-order valence-electron chi connectivity index (χ2n) is 4.83. The number of hydrogen-bond acceptors (Lipinski definition) is 4. The number of piperidine rings is 1. The van der Waals surface area contributed by atoms with Crippen molar-refractivity contribution in [2.45, 2.75) is 12.8 Å². The molecule has 2 rings (SSSR count). The maximum absolute atomic E-state index is 11.8. The fourth-order valence-corrected chi connectivity index (χ4v) is 2.18. The van der Waals surface area contributed by atoms with Gasteiger partial charge in [-0.25, -0.2) is 0 Å². The van der Waals surface area contributed by atoms with Crippen molar-refractivity contribution in [1.29, 1.82) is 0 Å². The average molecular weight is 276 g/mol. The molecule has 1 saturated heterocycles. The topological polar surface area (TPSA) is 83.1 Å². The Morgan fingerprint density at radius 3 is 2.90 bits per heavy atom. The van der Waals surface area contributed by atoms with Crippen LogP contribution in [0.25, 0.3) is 0 Å². The lowest BCUT2D eigenvalue weighted by Crippen LogP contribution is -2.42. The van der Waals surface area contributed by atoms with E-state index in [9.17, 15) is 9.59 Å². The molecule has 0 radical (unpaired) electrons. The van der Waals surface area contributed by atoms with Crippen LogP contribution in [0, 0.1) is 5.92 Å². The van der Waals surface area contributed by atoms with Crippen molar-refractivity contribution >= 4 is 11.8 Å². The van der Waals surface area contributed by atoms with Crippen molar-refractivity contribution in [3.05, 3.63) is 30.1 Å². The zero-order valence-corrected chi connectivity index (χ0v) is 11.4. The van der Waals surface area contributed by atoms with Crippen molar-refractivity contribution in [1.82, 2.24) is 20.9 Å². The van der Waals surface area contributed by atoms with Gasteiger partial charge < -0.3 is 16.0 Å². The van der Waals surface area contributed by atoms with E-state index in [-0.39, 0.29) is 17.7 Å². The van der Waals surface area contributed by atoms with Gasteiger partial charge in [0.05, 0.1) is 11.5 Å². The Labute approximate surface area is 118 Å². The normalized spacial score (nSPS) is 18.3. The van der Waals surface area contributed by atoms with E-state index < -0.39 is 0 Å². The molecule has 6 heteroatoms. The Morgan fingerprint density at radius 1 is 1.35 bits per heavy atom. The number of pyridine rings is 1. The van der Waals surface area contributed by atoms with Crippen molar-refractivity contribution in [2.24, 2.45) is 5.92 Å². The Morgan fingerprint density at radius 2 is 2.20 bits per heavy atom. The molecule has 1 atom stereocenters. The van der Waals surface area contributed by atoms with Crippen LogP contribution in [0.5, 0.6) is 0 Å². The number of hydrogen-bond donors (Lipinski definition) is 3. The van der Waals surface area contributed by atoms with Crippen LogP contribution in [-0.2, 0) is 4.79 Å². The third-order valence-electron chi connectivity index (χ3n) is 3.30. The predicted octanol–water partition coefficient (Wildman–Crippen LogP) is -0.0728. The predicted molar refractivity (Wildman–Crippen MR) is 75.2 cm³/mol. The Kier molecular flexibility index (Phi) is 5.49. The van der Waals surface area contributed by atoms with Crippen LogP contribution in [0.4, 0.5) is 0 Å². The van der Waals surface area contributed by atoms with E-state index >= 15 is 0 Å². The Hall–Kier alpha value is -1.95. The maximum atomic E-state index is 11.8. The molecule has 2 heterocycles. The second-order valence-corrected chi connectivity index (χ2v) is 4.83. The van der Waals surface area contributed by atoms with E-state index in [1.54, 1.807) is 18.3 Å². The van der Waals surface area contributed by atoms with Gasteiger partial charge in [0, 0.05) is 32.0 Å². The highest BCUT2D eigenvalue weighted by Gasteiger charge is 2.20. The number of carbonyl (C=O) groups excluding carboxylic acids is 2. The van der Waals surface area contributed by atoms with Crippen molar-refractivity contribution in [3.63, 3.8) is 0 Å². The lowest BCUT2D eigenvalue weighted by atomic mass is 9.99. The third kappa shape index (κ3) is 4.31. The molecule has 0 aliphatic carbocycles. The number of nitrogens with zero attached hydrogens (tertiary/aromatic N) is 1. The SMILES string of the molecule is O=C(NCCNC(=O)C1CCCNC1)c1cccnc1. The van der Waals surface area contributed by atoms with Gasteiger partial charge in [0.2, 0.25) is 5.91 Å². The first-order valence-corrected chi connectivity index (χ1v) is 6.94. The summed E-state index contributed by atoms with van der Waals surface area (Å²) in [6.45, 7) is 2.60. The summed E-state index contributed by atoms with van der Waals surface area (Å²) in [5.74, 6) is -0.0581. The molecule has 0 spiro atoms. The minimum Gasteiger partial charge on any atom is -0.354 e. The summed E-state index contributed by atoms with van der Waals surface area (Å²) in [6, 6.07) is 3.42. The molecular formula is C14H20N4O2. The van der Waals surface area contributed by atoms with E-state index in [0.717, 1.165) is 25.9 Å². The summed E-state index contributed by atoms with van der Waals surface area (Å²) in [5, 5.41) is 8.81. The molecule has 1 aromatic rings. The van der Waals surface area contributed by atoms with Gasteiger partial charge in [-0.3, -0.25) is 14.6 Å². The molecule has 1 fully saturated rings. The first-order valence-electron chi connectivity index (χ1n) is 6.94. The number of rotatable bonds is 5. The van der Waals surface area contributed by atoms with E-state index in [1.165, 1.54) is 6.20 Å². The van der Waals surface area contributed by atoms with Gasteiger partial charge in [0.15, 0.2) is 0 Å². The number of carbonyl (C=O) groups is 2. The lowest BCUT2D eigenvalue weighted by Gasteiger charge is -2.21. The molecule has 108 valence electrons. The first-order chi connectivity index (χ1) is 9.77. The minimum absolute atomic E-state index is 0.0535. The summed E-state index contributed by atoms with van der Waals surface area (Å²) in [7, 11) is 0. The molecular weight excluding hydrogens is 256 g/mol. The van der Waals surface area contributed by atoms with Gasteiger partial charge in [0.25, 0.3) is 5.91 Å². The van der Waals surface area contributed by atoms with E-state index in [4.69, 9.17) is 0 Å². The molecule has 1 aromatic heterocycles. The van der Waals surface area contributed by atoms with Crippen molar-refractivity contribution in [3.8, 4) is 0 Å². The lowest BCUT2D eigenvalue weighted by molar-refractivity contribution is -0.125. The molecule has 20 heavy (non-hydrogen) atoms. The fraction of sp³-hybridized carbons (Fsp3) is 0.500. The summed E-state index contributed by atoms with van der Waals surface area (Å²) >= 11 is 0. The van der Waals surface area contributed by atoms with Crippen molar-refractivity contribution in [2.75, 3.05) is 26.2 Å². The standard InChI is InChI=1S/C14H20N4O2/c19-13(11-3-1-5-15-9-11)17-7-8-18-14(20)12-4-2-6-16-10-12/h1,3,5,9,12,16H,2,4,6-8,10H2,(H,17,19)(H,18,20). The molecule has 2 amide bonds. The van der Waals surface area contributed by atoms with Crippen LogP contribution < -0.4 is 16.0 Å². The zero-order chi connectivity index (χ0) is 14.2. The molecule has 0 saturated carbocycles. The van der Waals surface area contributed by atoms with Crippen LogP contribution in [0.2, 0.25) is 0 Å². The summed E-state index contributed by atoms with van der Waals surface area (Å²) in [5.41, 5.74) is 0.523. The first kappa shape index (κ1) is 14.5. The van der Waals surface area contributed by atoms with Gasteiger partial charge in [0.1, 0.15) is 0 Å². The third-order valence-corrected chi connectivity index (χ3v) is 3.30. The van der Waals surface area contributed by atoms with Gasteiger partial charge in [-0.2, -0.15) is 0 Å². The van der Waals surface area contributed by atoms with E-state index in [1.807, 2.05) is 0 Å². The quantitative estimate of drug-likeness (QED) is 0.657. The van der Waals surface area contributed by atoms with Crippen LogP contribution in [-0.4, -0.2) is 43.0 Å². The fourth-order valence-electron chi connectivity index (χ4n) is 2.18. The second kappa shape index (κ2) is 7.59. The number of amides is 2. The Bertz CT molecular complexity index is 444. The Balaban J connectivity index is 1.64. The molecule has 0 aromatic carbocycles. The highest BCUT2D eigenvalue weighted by atomic mass is 16.2. The average Bonchev–Trinajstić information content (AvgIpc) is 2.53. The monoisotopic (exact) mass is 276 g/mol. The molecule has 1 unspecified atom stereocenters. The highest BCUT2D eigenvalue weighted by molar-refractivity contribution is 5.93. The minimum atomic E-state index is -0.174. The smallest absolute Gasteiger partial charge is 0.252 e. The van der Waals surface area contributed by atoms with Gasteiger partial charge in [-0.05, 0) is 31.5 Å². The van der Waals surface area contributed by atoms with Crippen LogP contribution >= 0.6 is 0 Å². The van der Waals surface area contributed by atoms with Crippen LogP contribution in [0.3, 0.4) is 0 Å².